The molecule has 146 valence electrons. The molecule has 1 unspecified atom stereocenters. The highest BCUT2D eigenvalue weighted by molar-refractivity contribution is 6.06. The standard InChI is InChI=1S/C21H28N4O.ClH/c1-21(2,3)16-6-7-19-15(13-16)8-11-24(19)20(26)18-9-12-25(23-18)17-5-4-10-22-14-17;/h6-7,9,12-13,17,22H,4-5,8,10-11,14H2,1-3H3;1H. The molecule has 1 aromatic carbocycles. The molecule has 1 fully saturated rings. The van der Waals surface area contributed by atoms with E-state index in [2.05, 4.69) is 49.4 Å². The van der Waals surface area contributed by atoms with Gasteiger partial charge in [0.25, 0.3) is 5.91 Å². The van der Waals surface area contributed by atoms with Gasteiger partial charge < -0.3 is 10.2 Å². The van der Waals surface area contributed by atoms with Gasteiger partial charge in [-0.1, -0.05) is 32.9 Å². The topological polar surface area (TPSA) is 50.2 Å². The number of hydrogen-bond donors (Lipinski definition) is 1. The third-order valence-corrected chi connectivity index (χ3v) is 5.56. The number of nitrogens with zero attached hydrogens (tertiary/aromatic N) is 3. The first kappa shape index (κ1) is 19.9. The van der Waals surface area contributed by atoms with Crippen molar-refractivity contribution in [2.75, 3.05) is 24.5 Å². The van der Waals surface area contributed by atoms with Gasteiger partial charge in [0, 0.05) is 25.0 Å². The first-order valence-corrected chi connectivity index (χ1v) is 9.64. The van der Waals surface area contributed by atoms with Crippen LogP contribution in [-0.2, 0) is 11.8 Å². The zero-order valence-electron chi connectivity index (χ0n) is 16.4. The summed E-state index contributed by atoms with van der Waals surface area (Å²) >= 11 is 0. The number of carbonyl (C=O) groups is 1. The molecule has 4 rings (SSSR count). The van der Waals surface area contributed by atoms with Crippen molar-refractivity contribution in [2.24, 2.45) is 0 Å². The second-order valence-electron chi connectivity index (χ2n) is 8.48. The van der Waals surface area contributed by atoms with E-state index >= 15 is 0 Å². The number of anilines is 1. The number of halogens is 1. The predicted molar refractivity (Wildman–Crippen MR) is 111 cm³/mol. The highest BCUT2D eigenvalue weighted by Crippen LogP contribution is 2.33. The second kappa shape index (κ2) is 7.64. The summed E-state index contributed by atoms with van der Waals surface area (Å²) in [5, 5.41) is 7.99. The molecule has 6 heteroatoms. The Hall–Kier alpha value is -1.85. The molecule has 0 aliphatic carbocycles. The van der Waals surface area contributed by atoms with Crippen LogP contribution in [0.15, 0.2) is 30.5 Å². The average Bonchev–Trinajstić information content (AvgIpc) is 3.28. The van der Waals surface area contributed by atoms with Crippen LogP contribution in [0.4, 0.5) is 5.69 Å². The van der Waals surface area contributed by atoms with Crippen molar-refractivity contribution < 1.29 is 4.79 Å². The number of hydrogen-bond acceptors (Lipinski definition) is 3. The Bertz CT molecular complexity index is 818. The first-order valence-electron chi connectivity index (χ1n) is 9.64. The van der Waals surface area contributed by atoms with Crippen LogP contribution >= 0.6 is 12.4 Å². The molecular formula is C21H29ClN4O. The van der Waals surface area contributed by atoms with E-state index in [4.69, 9.17) is 0 Å². The van der Waals surface area contributed by atoms with E-state index in [1.54, 1.807) is 0 Å². The van der Waals surface area contributed by atoms with Crippen LogP contribution in [0.5, 0.6) is 0 Å². The zero-order valence-corrected chi connectivity index (χ0v) is 17.2. The van der Waals surface area contributed by atoms with E-state index in [-0.39, 0.29) is 23.7 Å². The minimum Gasteiger partial charge on any atom is -0.315 e. The molecule has 0 saturated carbocycles. The van der Waals surface area contributed by atoms with Crippen LogP contribution < -0.4 is 10.2 Å². The number of benzene rings is 1. The Morgan fingerprint density at radius 2 is 2.07 bits per heavy atom. The van der Waals surface area contributed by atoms with Gasteiger partial charge in [0.1, 0.15) is 0 Å². The summed E-state index contributed by atoms with van der Waals surface area (Å²) in [4.78, 5) is 14.9. The van der Waals surface area contributed by atoms with Crippen LogP contribution in [0.3, 0.4) is 0 Å². The van der Waals surface area contributed by atoms with Gasteiger partial charge in [-0.05, 0) is 54.5 Å². The van der Waals surface area contributed by atoms with Gasteiger partial charge in [-0.3, -0.25) is 9.48 Å². The number of carbonyl (C=O) groups excluding carboxylic acids is 1. The summed E-state index contributed by atoms with van der Waals surface area (Å²) in [5.41, 5.74) is 4.29. The highest BCUT2D eigenvalue weighted by atomic mass is 35.5. The fourth-order valence-electron chi connectivity index (χ4n) is 3.93. The molecule has 3 heterocycles. The minimum atomic E-state index is 0. The van der Waals surface area contributed by atoms with E-state index in [9.17, 15) is 4.79 Å². The Morgan fingerprint density at radius 1 is 1.26 bits per heavy atom. The predicted octanol–water partition coefficient (Wildman–Crippen LogP) is 3.73. The number of piperidine rings is 1. The summed E-state index contributed by atoms with van der Waals surface area (Å²) in [6.45, 7) is 9.40. The smallest absolute Gasteiger partial charge is 0.278 e. The Balaban J connectivity index is 0.00000210. The van der Waals surface area contributed by atoms with Crippen LogP contribution in [0.1, 0.15) is 61.3 Å². The van der Waals surface area contributed by atoms with Crippen molar-refractivity contribution in [3.63, 3.8) is 0 Å². The van der Waals surface area contributed by atoms with Gasteiger partial charge in [-0.2, -0.15) is 5.10 Å². The lowest BCUT2D eigenvalue weighted by molar-refractivity contribution is 0.0983. The van der Waals surface area contributed by atoms with Gasteiger partial charge >= 0.3 is 0 Å². The normalized spacial score (nSPS) is 19.5. The fraction of sp³-hybridized carbons (Fsp3) is 0.524. The van der Waals surface area contributed by atoms with Gasteiger partial charge in [0.2, 0.25) is 0 Å². The number of amides is 1. The van der Waals surface area contributed by atoms with Crippen LogP contribution in [0.25, 0.3) is 0 Å². The van der Waals surface area contributed by atoms with Gasteiger partial charge in [0.15, 0.2) is 5.69 Å². The molecule has 27 heavy (non-hydrogen) atoms. The molecular weight excluding hydrogens is 360 g/mol. The summed E-state index contributed by atoms with van der Waals surface area (Å²) in [5.74, 6) is 0.00905. The first-order chi connectivity index (χ1) is 12.4. The SMILES string of the molecule is CC(C)(C)c1ccc2c(c1)CCN2C(=O)c1ccn(C2CCCNC2)n1.Cl. The van der Waals surface area contributed by atoms with Gasteiger partial charge in [-0.15, -0.1) is 12.4 Å². The number of aromatic nitrogens is 2. The van der Waals surface area contributed by atoms with Crippen molar-refractivity contribution in [1.29, 1.82) is 0 Å². The molecule has 2 aromatic rings. The van der Waals surface area contributed by atoms with E-state index in [0.29, 0.717) is 11.7 Å². The molecule has 0 radical (unpaired) electrons. The molecule has 5 nitrogen and oxygen atoms in total. The van der Waals surface area contributed by atoms with Gasteiger partial charge in [0.05, 0.1) is 6.04 Å². The highest BCUT2D eigenvalue weighted by Gasteiger charge is 2.29. The Morgan fingerprint density at radius 3 is 2.78 bits per heavy atom. The summed E-state index contributed by atoms with van der Waals surface area (Å²) in [7, 11) is 0. The average molecular weight is 389 g/mol. The summed E-state index contributed by atoms with van der Waals surface area (Å²) in [6.07, 6.45) is 5.14. The van der Waals surface area contributed by atoms with E-state index in [0.717, 1.165) is 44.6 Å². The monoisotopic (exact) mass is 388 g/mol. The molecule has 0 spiro atoms. The largest absolute Gasteiger partial charge is 0.315 e. The van der Waals surface area contributed by atoms with Crippen molar-refractivity contribution in [1.82, 2.24) is 15.1 Å². The van der Waals surface area contributed by atoms with Crippen molar-refractivity contribution in [2.45, 2.75) is 51.5 Å². The molecule has 1 amide bonds. The molecule has 1 N–H and O–H groups in total. The third kappa shape index (κ3) is 3.90. The van der Waals surface area contributed by atoms with Gasteiger partial charge in [-0.25, -0.2) is 0 Å². The van der Waals surface area contributed by atoms with E-state index in [1.807, 2.05) is 21.8 Å². The quantitative estimate of drug-likeness (QED) is 0.852. The zero-order chi connectivity index (χ0) is 18.3. The summed E-state index contributed by atoms with van der Waals surface area (Å²) in [6, 6.07) is 8.72. The Labute approximate surface area is 167 Å². The maximum Gasteiger partial charge on any atom is 0.278 e. The lowest BCUT2D eigenvalue weighted by atomic mass is 9.86. The molecule has 1 atom stereocenters. The van der Waals surface area contributed by atoms with Crippen molar-refractivity contribution in [3.05, 3.63) is 47.3 Å². The lowest BCUT2D eigenvalue weighted by Crippen LogP contribution is -2.32. The number of rotatable bonds is 2. The second-order valence-corrected chi connectivity index (χ2v) is 8.48. The van der Waals surface area contributed by atoms with Crippen LogP contribution in [0, 0.1) is 0 Å². The number of nitrogens with one attached hydrogen (secondary N) is 1. The fourth-order valence-corrected chi connectivity index (χ4v) is 3.93. The van der Waals surface area contributed by atoms with E-state index in [1.165, 1.54) is 11.1 Å². The molecule has 0 bridgehead atoms. The molecule has 2 aliphatic rings. The van der Waals surface area contributed by atoms with Crippen molar-refractivity contribution >= 4 is 24.0 Å². The van der Waals surface area contributed by atoms with Crippen LogP contribution in [0.2, 0.25) is 0 Å². The maximum atomic E-state index is 13.0. The van der Waals surface area contributed by atoms with Crippen LogP contribution in [-0.4, -0.2) is 35.3 Å². The minimum absolute atomic E-state index is 0. The van der Waals surface area contributed by atoms with E-state index < -0.39 is 0 Å². The molecule has 2 aliphatic heterocycles. The van der Waals surface area contributed by atoms with Crippen molar-refractivity contribution in [3.8, 4) is 0 Å². The summed E-state index contributed by atoms with van der Waals surface area (Å²) < 4.78 is 1.96. The molecule has 1 saturated heterocycles. The third-order valence-electron chi connectivity index (χ3n) is 5.56. The number of fused-ring (bicyclic) bond motifs is 1. The lowest BCUT2D eigenvalue weighted by Gasteiger charge is -2.23. The molecule has 1 aromatic heterocycles. The Kier molecular flexibility index (Phi) is 5.63. The maximum absolute atomic E-state index is 13.0.